The minimum absolute atomic E-state index is 0. The molecule has 1 aliphatic heterocycles. The quantitative estimate of drug-likeness (QED) is 0.283. The Bertz CT molecular complexity index is 873. The van der Waals surface area contributed by atoms with E-state index in [9.17, 15) is 4.79 Å². The van der Waals surface area contributed by atoms with E-state index in [4.69, 9.17) is 4.74 Å². The molecule has 1 aliphatic rings. The zero-order chi connectivity index (χ0) is 22.1. The van der Waals surface area contributed by atoms with Crippen molar-refractivity contribution in [3.8, 4) is 5.75 Å². The van der Waals surface area contributed by atoms with Crippen LogP contribution in [0.3, 0.4) is 0 Å². The number of carbonyl (C=O) groups is 1. The summed E-state index contributed by atoms with van der Waals surface area (Å²) in [6.07, 6.45) is 1.64. The minimum atomic E-state index is 0. The second kappa shape index (κ2) is 13.3. The third-order valence-corrected chi connectivity index (χ3v) is 5.32. The number of nitrogens with zero attached hydrogens (tertiary/aromatic N) is 2. The van der Waals surface area contributed by atoms with Gasteiger partial charge in [0.15, 0.2) is 5.96 Å². The van der Waals surface area contributed by atoms with E-state index >= 15 is 0 Å². The molecule has 2 aromatic rings. The molecule has 1 amide bonds. The summed E-state index contributed by atoms with van der Waals surface area (Å²) in [5.41, 5.74) is 2.40. The molecule has 0 aliphatic carbocycles. The summed E-state index contributed by atoms with van der Waals surface area (Å²) in [6.45, 7) is 7.00. The van der Waals surface area contributed by atoms with E-state index in [1.807, 2.05) is 55.1 Å². The Hall–Kier alpha value is -2.29. The zero-order valence-electron chi connectivity index (χ0n) is 19.2. The maximum absolute atomic E-state index is 12.4. The van der Waals surface area contributed by atoms with Gasteiger partial charge in [0.1, 0.15) is 5.75 Å². The van der Waals surface area contributed by atoms with Crippen LogP contribution in [0.25, 0.3) is 0 Å². The van der Waals surface area contributed by atoms with Gasteiger partial charge >= 0.3 is 0 Å². The Kier molecular flexibility index (Phi) is 10.8. The molecule has 1 fully saturated rings. The Balaban J connectivity index is 0.00000363. The normalized spacial score (nSPS) is 16.1. The molecule has 1 saturated heterocycles. The van der Waals surface area contributed by atoms with Crippen molar-refractivity contribution in [1.82, 2.24) is 15.5 Å². The van der Waals surface area contributed by atoms with Crippen molar-refractivity contribution in [1.29, 1.82) is 0 Å². The predicted octanol–water partition coefficient (Wildman–Crippen LogP) is 3.85. The van der Waals surface area contributed by atoms with E-state index in [0.717, 1.165) is 43.3 Å². The first-order valence-corrected chi connectivity index (χ1v) is 11.1. The summed E-state index contributed by atoms with van der Waals surface area (Å²) >= 11 is 0. The molecular formula is C25H35IN4O2. The van der Waals surface area contributed by atoms with Gasteiger partial charge in [0.05, 0.1) is 6.10 Å². The molecule has 3 rings (SSSR count). The minimum Gasteiger partial charge on any atom is -0.491 e. The third-order valence-electron chi connectivity index (χ3n) is 5.32. The molecular weight excluding hydrogens is 515 g/mol. The van der Waals surface area contributed by atoms with Gasteiger partial charge in [0.2, 0.25) is 5.91 Å². The molecule has 32 heavy (non-hydrogen) atoms. The number of ether oxygens (including phenoxy) is 1. The van der Waals surface area contributed by atoms with Gasteiger partial charge < -0.3 is 20.3 Å². The van der Waals surface area contributed by atoms with Gasteiger partial charge in [-0.05, 0) is 43.5 Å². The topological polar surface area (TPSA) is 66.0 Å². The summed E-state index contributed by atoms with van der Waals surface area (Å²) in [5, 5.41) is 6.72. The van der Waals surface area contributed by atoms with Gasteiger partial charge in [-0.3, -0.25) is 9.79 Å². The van der Waals surface area contributed by atoms with Gasteiger partial charge in [-0.2, -0.15) is 0 Å². The average Bonchev–Trinajstić information content (AvgIpc) is 3.12. The van der Waals surface area contributed by atoms with Crippen LogP contribution in [0.2, 0.25) is 0 Å². The van der Waals surface area contributed by atoms with Crippen molar-refractivity contribution in [3.05, 3.63) is 65.7 Å². The average molecular weight is 550 g/mol. The Morgan fingerprint density at radius 3 is 2.59 bits per heavy atom. The number of guanidine groups is 1. The molecule has 0 bridgehead atoms. The lowest BCUT2D eigenvalue weighted by atomic mass is 10.1. The number of aliphatic imine (C=N–C) groups is 1. The second-order valence-corrected chi connectivity index (χ2v) is 8.27. The van der Waals surface area contributed by atoms with Crippen molar-refractivity contribution in [2.75, 3.05) is 26.7 Å². The fourth-order valence-electron chi connectivity index (χ4n) is 3.76. The first-order valence-electron chi connectivity index (χ1n) is 11.1. The molecule has 0 radical (unpaired) electrons. The van der Waals surface area contributed by atoms with E-state index in [1.54, 1.807) is 7.05 Å². The molecule has 7 heteroatoms. The van der Waals surface area contributed by atoms with E-state index in [-0.39, 0.29) is 36.0 Å². The molecule has 174 valence electrons. The van der Waals surface area contributed by atoms with E-state index in [2.05, 4.69) is 33.8 Å². The smallest absolute Gasteiger partial charge is 0.223 e. The lowest BCUT2D eigenvalue weighted by Gasteiger charge is -2.18. The first-order chi connectivity index (χ1) is 15.0. The Labute approximate surface area is 208 Å². The second-order valence-electron chi connectivity index (χ2n) is 8.27. The van der Waals surface area contributed by atoms with Crippen LogP contribution in [0.5, 0.6) is 5.75 Å². The van der Waals surface area contributed by atoms with Crippen molar-refractivity contribution in [2.45, 2.75) is 39.3 Å². The molecule has 0 aromatic heterocycles. The summed E-state index contributed by atoms with van der Waals surface area (Å²) in [7, 11) is 1.76. The van der Waals surface area contributed by atoms with Crippen LogP contribution < -0.4 is 15.4 Å². The van der Waals surface area contributed by atoms with Crippen LogP contribution >= 0.6 is 24.0 Å². The number of carbonyl (C=O) groups excluding carboxylic acids is 1. The van der Waals surface area contributed by atoms with Gasteiger partial charge in [0.25, 0.3) is 0 Å². The standard InChI is InChI=1S/C25H34N4O2.HI/c1-19(2)31-23-11-7-10-21(14-23)16-27-25(26-3)28-17-22-15-24(30)29(18-22)13-12-20-8-5-4-6-9-20;/h4-11,14,19,22H,12-13,15-18H2,1-3H3,(H2,26,27,28);1H. The fourth-order valence-corrected chi connectivity index (χ4v) is 3.76. The van der Waals surface area contributed by atoms with Crippen molar-refractivity contribution in [3.63, 3.8) is 0 Å². The number of hydrogen-bond acceptors (Lipinski definition) is 3. The van der Waals surface area contributed by atoms with Crippen molar-refractivity contribution < 1.29 is 9.53 Å². The largest absolute Gasteiger partial charge is 0.491 e. The maximum Gasteiger partial charge on any atom is 0.223 e. The highest BCUT2D eigenvalue weighted by molar-refractivity contribution is 14.0. The predicted molar refractivity (Wildman–Crippen MR) is 141 cm³/mol. The van der Waals surface area contributed by atoms with E-state index in [1.165, 1.54) is 5.56 Å². The van der Waals surface area contributed by atoms with Crippen LogP contribution in [0.1, 0.15) is 31.4 Å². The summed E-state index contributed by atoms with van der Waals surface area (Å²) in [5.74, 6) is 2.15. The molecule has 0 spiro atoms. The number of halogens is 1. The molecule has 6 nitrogen and oxygen atoms in total. The molecule has 1 atom stereocenters. The van der Waals surface area contributed by atoms with Crippen LogP contribution in [0.4, 0.5) is 0 Å². The third kappa shape index (κ3) is 8.33. The number of benzene rings is 2. The fraction of sp³-hybridized carbons (Fsp3) is 0.440. The summed E-state index contributed by atoms with van der Waals surface area (Å²) in [6, 6.07) is 18.4. The van der Waals surface area contributed by atoms with Crippen molar-refractivity contribution >= 4 is 35.8 Å². The van der Waals surface area contributed by atoms with Crippen LogP contribution in [-0.4, -0.2) is 49.6 Å². The van der Waals surface area contributed by atoms with Crippen LogP contribution in [-0.2, 0) is 17.8 Å². The Morgan fingerprint density at radius 1 is 1.12 bits per heavy atom. The highest BCUT2D eigenvalue weighted by Gasteiger charge is 2.29. The van der Waals surface area contributed by atoms with E-state index in [0.29, 0.717) is 18.9 Å². The number of nitrogens with one attached hydrogen (secondary N) is 2. The number of amides is 1. The lowest BCUT2D eigenvalue weighted by molar-refractivity contribution is -0.127. The van der Waals surface area contributed by atoms with Crippen LogP contribution in [0, 0.1) is 5.92 Å². The lowest BCUT2D eigenvalue weighted by Crippen LogP contribution is -2.40. The van der Waals surface area contributed by atoms with Gasteiger partial charge in [-0.15, -0.1) is 24.0 Å². The Morgan fingerprint density at radius 2 is 1.88 bits per heavy atom. The summed E-state index contributed by atoms with van der Waals surface area (Å²) in [4.78, 5) is 18.7. The molecule has 2 N–H and O–H groups in total. The van der Waals surface area contributed by atoms with E-state index < -0.39 is 0 Å². The SMILES string of the molecule is CN=C(NCc1cccc(OC(C)C)c1)NCC1CC(=O)N(CCc2ccccc2)C1.I. The molecule has 1 unspecified atom stereocenters. The maximum atomic E-state index is 12.4. The number of likely N-dealkylation sites (tertiary alicyclic amines) is 1. The summed E-state index contributed by atoms with van der Waals surface area (Å²) < 4.78 is 5.76. The highest BCUT2D eigenvalue weighted by Crippen LogP contribution is 2.18. The molecule has 2 aromatic carbocycles. The number of hydrogen-bond donors (Lipinski definition) is 2. The van der Waals surface area contributed by atoms with Gasteiger partial charge in [-0.25, -0.2) is 0 Å². The van der Waals surface area contributed by atoms with Crippen LogP contribution in [0.15, 0.2) is 59.6 Å². The number of rotatable bonds is 9. The molecule has 1 heterocycles. The van der Waals surface area contributed by atoms with Crippen molar-refractivity contribution in [2.24, 2.45) is 10.9 Å². The highest BCUT2D eigenvalue weighted by atomic mass is 127. The van der Waals surface area contributed by atoms with Gasteiger partial charge in [-0.1, -0.05) is 42.5 Å². The zero-order valence-corrected chi connectivity index (χ0v) is 21.5. The first kappa shape index (κ1) is 26.0. The van der Waals surface area contributed by atoms with Gasteiger partial charge in [0, 0.05) is 45.6 Å². The monoisotopic (exact) mass is 550 g/mol. The molecule has 0 saturated carbocycles.